The van der Waals surface area contributed by atoms with Crippen LogP contribution in [0, 0.1) is 0 Å². The lowest BCUT2D eigenvalue weighted by Crippen LogP contribution is -2.42. The van der Waals surface area contributed by atoms with Crippen LogP contribution < -0.4 is 0 Å². The number of amides is 1. The molecule has 0 aromatic carbocycles. The first kappa shape index (κ1) is 14.2. The molecule has 0 spiro atoms. The van der Waals surface area contributed by atoms with Crippen molar-refractivity contribution >= 4 is 18.0 Å². The molecular formula is C15H18N2O3. The molecule has 0 unspecified atom stereocenters. The summed E-state index contributed by atoms with van der Waals surface area (Å²) in [7, 11) is 0. The van der Waals surface area contributed by atoms with Crippen LogP contribution in [0.25, 0.3) is 6.08 Å². The third-order valence-electron chi connectivity index (χ3n) is 3.57. The zero-order valence-electron chi connectivity index (χ0n) is 11.7. The molecule has 1 aromatic heterocycles. The van der Waals surface area contributed by atoms with E-state index in [1.54, 1.807) is 12.1 Å². The van der Waals surface area contributed by atoms with Gasteiger partial charge in [-0.05, 0) is 44.4 Å². The number of carbonyl (C=O) groups excluding carboxylic acids is 1. The Balaban J connectivity index is 2.14. The standard InChI is InChI=1S/C15H18N2O3/c1-15(2)8-3-9-17(15)14(20)12-6-4-11(10-16-12)5-7-13(18)19/h4-7,10H,3,8-9H2,1-2H3,(H,18,19). The minimum absolute atomic E-state index is 0.0683. The fourth-order valence-corrected chi connectivity index (χ4v) is 2.42. The van der Waals surface area contributed by atoms with Crippen molar-refractivity contribution in [3.63, 3.8) is 0 Å². The highest BCUT2D eigenvalue weighted by atomic mass is 16.4. The third-order valence-corrected chi connectivity index (χ3v) is 3.57. The quantitative estimate of drug-likeness (QED) is 0.858. The Bertz CT molecular complexity index is 547. The summed E-state index contributed by atoms with van der Waals surface area (Å²) >= 11 is 0. The van der Waals surface area contributed by atoms with Crippen molar-refractivity contribution in [2.45, 2.75) is 32.2 Å². The molecule has 2 rings (SSSR count). The van der Waals surface area contributed by atoms with Gasteiger partial charge in [-0.2, -0.15) is 0 Å². The van der Waals surface area contributed by atoms with E-state index in [2.05, 4.69) is 18.8 Å². The summed E-state index contributed by atoms with van der Waals surface area (Å²) in [5, 5.41) is 8.55. The average Bonchev–Trinajstić information content (AvgIpc) is 2.76. The number of rotatable bonds is 3. The van der Waals surface area contributed by atoms with Crippen LogP contribution in [-0.4, -0.2) is 39.0 Å². The van der Waals surface area contributed by atoms with Gasteiger partial charge in [0.25, 0.3) is 5.91 Å². The number of carboxylic acid groups (broad SMARTS) is 1. The normalized spacial score (nSPS) is 17.6. The summed E-state index contributed by atoms with van der Waals surface area (Å²) in [6.07, 6.45) is 6.01. The minimum Gasteiger partial charge on any atom is -0.478 e. The van der Waals surface area contributed by atoms with Crippen molar-refractivity contribution in [2.75, 3.05) is 6.54 Å². The van der Waals surface area contributed by atoms with Gasteiger partial charge in [0.05, 0.1) is 0 Å². The highest BCUT2D eigenvalue weighted by molar-refractivity contribution is 5.93. The molecule has 1 aromatic rings. The maximum absolute atomic E-state index is 12.4. The molecule has 1 saturated heterocycles. The van der Waals surface area contributed by atoms with Gasteiger partial charge in [0, 0.05) is 24.4 Å². The van der Waals surface area contributed by atoms with Crippen molar-refractivity contribution in [3.05, 3.63) is 35.7 Å². The van der Waals surface area contributed by atoms with Crippen molar-refractivity contribution in [2.24, 2.45) is 0 Å². The Hall–Kier alpha value is -2.17. The van der Waals surface area contributed by atoms with Gasteiger partial charge in [-0.3, -0.25) is 9.78 Å². The molecular weight excluding hydrogens is 256 g/mol. The Kier molecular flexibility index (Phi) is 3.88. The number of aromatic nitrogens is 1. The van der Waals surface area contributed by atoms with Crippen LogP contribution in [0.15, 0.2) is 24.4 Å². The summed E-state index contributed by atoms with van der Waals surface area (Å²) in [5.41, 5.74) is 0.928. The summed E-state index contributed by atoms with van der Waals surface area (Å²) in [4.78, 5) is 28.8. The van der Waals surface area contributed by atoms with E-state index in [0.29, 0.717) is 11.3 Å². The molecule has 0 atom stereocenters. The van der Waals surface area contributed by atoms with Gasteiger partial charge in [0.1, 0.15) is 5.69 Å². The van der Waals surface area contributed by atoms with Gasteiger partial charge >= 0.3 is 5.97 Å². The molecule has 2 heterocycles. The van der Waals surface area contributed by atoms with E-state index < -0.39 is 5.97 Å². The Morgan fingerprint density at radius 2 is 2.15 bits per heavy atom. The number of carboxylic acids is 1. The zero-order chi connectivity index (χ0) is 14.8. The molecule has 20 heavy (non-hydrogen) atoms. The van der Waals surface area contributed by atoms with Crippen LogP contribution in [0.2, 0.25) is 0 Å². The van der Waals surface area contributed by atoms with E-state index in [1.165, 1.54) is 12.3 Å². The number of carbonyl (C=O) groups is 2. The number of hydrogen-bond acceptors (Lipinski definition) is 3. The van der Waals surface area contributed by atoms with Crippen molar-refractivity contribution < 1.29 is 14.7 Å². The molecule has 5 heteroatoms. The zero-order valence-corrected chi connectivity index (χ0v) is 11.7. The fraction of sp³-hybridized carbons (Fsp3) is 0.400. The van der Waals surface area contributed by atoms with Crippen molar-refractivity contribution in [3.8, 4) is 0 Å². The molecule has 1 aliphatic heterocycles. The minimum atomic E-state index is -1.01. The maximum atomic E-state index is 12.4. The fourth-order valence-electron chi connectivity index (χ4n) is 2.42. The highest BCUT2D eigenvalue weighted by Gasteiger charge is 2.36. The molecule has 5 nitrogen and oxygen atoms in total. The van der Waals surface area contributed by atoms with Gasteiger partial charge in [-0.1, -0.05) is 6.07 Å². The van der Waals surface area contributed by atoms with Gasteiger partial charge in [0.2, 0.25) is 0 Å². The van der Waals surface area contributed by atoms with Crippen LogP contribution in [0.1, 0.15) is 42.7 Å². The highest BCUT2D eigenvalue weighted by Crippen LogP contribution is 2.29. The number of nitrogens with zero attached hydrogens (tertiary/aromatic N) is 2. The lowest BCUT2D eigenvalue weighted by molar-refractivity contribution is -0.131. The van der Waals surface area contributed by atoms with Crippen LogP contribution >= 0.6 is 0 Å². The van der Waals surface area contributed by atoms with Gasteiger partial charge in [-0.15, -0.1) is 0 Å². The number of aliphatic carboxylic acids is 1. The monoisotopic (exact) mass is 274 g/mol. The van der Waals surface area contributed by atoms with Crippen LogP contribution in [0.5, 0.6) is 0 Å². The Morgan fingerprint density at radius 1 is 1.40 bits per heavy atom. The second-order valence-corrected chi connectivity index (χ2v) is 5.52. The molecule has 1 fully saturated rings. The van der Waals surface area contributed by atoms with Crippen LogP contribution in [0.3, 0.4) is 0 Å². The second-order valence-electron chi connectivity index (χ2n) is 5.52. The van der Waals surface area contributed by atoms with E-state index in [-0.39, 0.29) is 11.4 Å². The SMILES string of the molecule is CC1(C)CCCN1C(=O)c1ccc(C=CC(=O)O)cn1. The average molecular weight is 274 g/mol. The summed E-state index contributed by atoms with van der Waals surface area (Å²) in [5.74, 6) is -1.08. The third kappa shape index (κ3) is 3.04. The second kappa shape index (κ2) is 5.45. The van der Waals surface area contributed by atoms with Gasteiger partial charge in [-0.25, -0.2) is 4.79 Å². The Labute approximate surface area is 117 Å². The molecule has 0 bridgehead atoms. The predicted octanol–water partition coefficient (Wildman–Crippen LogP) is 2.19. The van der Waals surface area contributed by atoms with E-state index in [9.17, 15) is 9.59 Å². The summed E-state index contributed by atoms with van der Waals surface area (Å²) < 4.78 is 0. The number of hydrogen-bond donors (Lipinski definition) is 1. The lowest BCUT2D eigenvalue weighted by Gasteiger charge is -2.31. The molecule has 0 aliphatic carbocycles. The molecule has 1 aliphatic rings. The predicted molar refractivity (Wildman–Crippen MR) is 75.3 cm³/mol. The molecule has 0 saturated carbocycles. The first-order chi connectivity index (χ1) is 9.40. The molecule has 106 valence electrons. The smallest absolute Gasteiger partial charge is 0.328 e. The van der Waals surface area contributed by atoms with Crippen molar-refractivity contribution in [1.82, 2.24) is 9.88 Å². The molecule has 1 amide bonds. The van der Waals surface area contributed by atoms with E-state index in [1.807, 2.05) is 4.90 Å². The first-order valence-electron chi connectivity index (χ1n) is 6.59. The van der Waals surface area contributed by atoms with E-state index >= 15 is 0 Å². The van der Waals surface area contributed by atoms with E-state index in [4.69, 9.17) is 5.11 Å². The topological polar surface area (TPSA) is 70.5 Å². The van der Waals surface area contributed by atoms with E-state index in [0.717, 1.165) is 25.5 Å². The molecule has 1 N–H and O–H groups in total. The van der Waals surface area contributed by atoms with Crippen LogP contribution in [0.4, 0.5) is 0 Å². The lowest BCUT2D eigenvalue weighted by atomic mass is 10.0. The Morgan fingerprint density at radius 3 is 2.65 bits per heavy atom. The van der Waals surface area contributed by atoms with Gasteiger partial charge in [0.15, 0.2) is 0 Å². The van der Waals surface area contributed by atoms with Gasteiger partial charge < -0.3 is 10.0 Å². The van der Waals surface area contributed by atoms with Crippen LogP contribution in [-0.2, 0) is 4.79 Å². The first-order valence-corrected chi connectivity index (χ1v) is 6.59. The summed E-state index contributed by atoms with van der Waals surface area (Å²) in [6.45, 7) is 4.87. The number of pyridine rings is 1. The molecule has 0 radical (unpaired) electrons. The number of likely N-dealkylation sites (tertiary alicyclic amines) is 1. The van der Waals surface area contributed by atoms with Crippen molar-refractivity contribution in [1.29, 1.82) is 0 Å². The largest absolute Gasteiger partial charge is 0.478 e. The maximum Gasteiger partial charge on any atom is 0.328 e. The summed E-state index contributed by atoms with van der Waals surface area (Å²) in [6, 6.07) is 3.33.